The van der Waals surface area contributed by atoms with Crippen molar-refractivity contribution in [2.75, 3.05) is 44.2 Å². The molecule has 2 fully saturated rings. The SMILES string of the molecule is O=C1NCCN(C/C=C/c2ccccc2)C1CC(=O)N1CCSCC1. The van der Waals surface area contributed by atoms with E-state index in [0.29, 0.717) is 13.1 Å². The zero-order valence-electron chi connectivity index (χ0n) is 14.4. The Labute approximate surface area is 153 Å². The summed E-state index contributed by atoms with van der Waals surface area (Å²) in [6, 6.07) is 9.74. The maximum absolute atomic E-state index is 12.5. The Hall–Kier alpha value is -1.79. The van der Waals surface area contributed by atoms with E-state index in [1.165, 1.54) is 0 Å². The normalized spacial score (nSPS) is 22.2. The molecule has 2 saturated heterocycles. The highest BCUT2D eigenvalue weighted by Gasteiger charge is 2.32. The third-order valence-electron chi connectivity index (χ3n) is 4.62. The molecule has 1 aromatic carbocycles. The summed E-state index contributed by atoms with van der Waals surface area (Å²) in [5.74, 6) is 2.05. The van der Waals surface area contributed by atoms with E-state index in [9.17, 15) is 9.59 Å². The van der Waals surface area contributed by atoms with Gasteiger partial charge in [0.05, 0.1) is 12.5 Å². The molecular formula is C19H25N3O2S. The first-order valence-electron chi connectivity index (χ1n) is 8.83. The van der Waals surface area contributed by atoms with Crippen LogP contribution in [0.5, 0.6) is 0 Å². The topological polar surface area (TPSA) is 52.7 Å². The monoisotopic (exact) mass is 359 g/mol. The fraction of sp³-hybridized carbons (Fsp3) is 0.474. The summed E-state index contributed by atoms with van der Waals surface area (Å²) in [5, 5.41) is 2.90. The Bertz CT molecular complexity index is 614. The number of piperazine rings is 1. The largest absolute Gasteiger partial charge is 0.353 e. The minimum atomic E-state index is -0.365. The summed E-state index contributed by atoms with van der Waals surface area (Å²) in [6.45, 7) is 3.69. The van der Waals surface area contributed by atoms with Gasteiger partial charge in [0.1, 0.15) is 0 Å². The molecule has 1 atom stereocenters. The molecule has 2 aliphatic heterocycles. The van der Waals surface area contributed by atoms with Gasteiger partial charge in [-0.25, -0.2) is 0 Å². The second-order valence-electron chi connectivity index (χ2n) is 6.31. The molecule has 2 aliphatic rings. The summed E-state index contributed by atoms with van der Waals surface area (Å²) in [7, 11) is 0. The first kappa shape index (κ1) is 18.0. The zero-order valence-corrected chi connectivity index (χ0v) is 15.2. The van der Waals surface area contributed by atoms with Crippen LogP contribution in [0.2, 0.25) is 0 Å². The Morgan fingerprint density at radius 2 is 1.96 bits per heavy atom. The Kier molecular flexibility index (Phi) is 6.53. The van der Waals surface area contributed by atoms with Gasteiger partial charge in [0, 0.05) is 44.2 Å². The lowest BCUT2D eigenvalue weighted by molar-refractivity contribution is -0.138. The predicted octanol–water partition coefficient (Wildman–Crippen LogP) is 1.47. The van der Waals surface area contributed by atoms with Crippen molar-refractivity contribution in [3.63, 3.8) is 0 Å². The van der Waals surface area contributed by atoms with Crippen LogP contribution in [0.15, 0.2) is 36.4 Å². The second kappa shape index (κ2) is 9.06. The van der Waals surface area contributed by atoms with E-state index in [4.69, 9.17) is 0 Å². The molecule has 5 nitrogen and oxygen atoms in total. The number of benzene rings is 1. The van der Waals surface area contributed by atoms with Gasteiger partial charge in [-0.15, -0.1) is 0 Å². The second-order valence-corrected chi connectivity index (χ2v) is 7.54. The first-order valence-corrected chi connectivity index (χ1v) is 9.98. The van der Waals surface area contributed by atoms with Crippen LogP contribution in [0.3, 0.4) is 0 Å². The maximum atomic E-state index is 12.5. The predicted molar refractivity (Wildman–Crippen MR) is 102 cm³/mol. The number of nitrogens with zero attached hydrogens (tertiary/aromatic N) is 2. The number of carbonyl (C=O) groups is 2. The van der Waals surface area contributed by atoms with E-state index in [1.807, 2.05) is 34.9 Å². The molecule has 3 rings (SSSR count). The van der Waals surface area contributed by atoms with Crippen LogP contribution in [0, 0.1) is 0 Å². The van der Waals surface area contributed by atoms with Crippen LogP contribution in [-0.4, -0.2) is 71.9 Å². The van der Waals surface area contributed by atoms with Gasteiger partial charge in [-0.2, -0.15) is 11.8 Å². The molecule has 0 spiro atoms. The fourth-order valence-corrected chi connectivity index (χ4v) is 4.10. The van der Waals surface area contributed by atoms with Gasteiger partial charge < -0.3 is 10.2 Å². The van der Waals surface area contributed by atoms with Crippen molar-refractivity contribution >= 4 is 29.7 Å². The van der Waals surface area contributed by atoms with Gasteiger partial charge in [0.2, 0.25) is 11.8 Å². The smallest absolute Gasteiger partial charge is 0.237 e. The lowest BCUT2D eigenvalue weighted by atomic mass is 10.1. The average Bonchev–Trinajstić information content (AvgIpc) is 2.66. The van der Waals surface area contributed by atoms with Crippen LogP contribution in [0.25, 0.3) is 6.08 Å². The highest BCUT2D eigenvalue weighted by atomic mass is 32.2. The molecule has 0 aliphatic carbocycles. The summed E-state index contributed by atoms with van der Waals surface area (Å²) in [4.78, 5) is 28.9. The highest BCUT2D eigenvalue weighted by Crippen LogP contribution is 2.15. The number of rotatable bonds is 5. The molecule has 1 aromatic rings. The van der Waals surface area contributed by atoms with Crippen molar-refractivity contribution in [1.29, 1.82) is 0 Å². The van der Waals surface area contributed by atoms with Crippen molar-refractivity contribution in [2.45, 2.75) is 12.5 Å². The number of nitrogens with one attached hydrogen (secondary N) is 1. The third-order valence-corrected chi connectivity index (χ3v) is 5.57. The fourth-order valence-electron chi connectivity index (χ4n) is 3.20. The molecule has 1 unspecified atom stereocenters. The molecule has 25 heavy (non-hydrogen) atoms. The van der Waals surface area contributed by atoms with E-state index in [-0.39, 0.29) is 24.3 Å². The van der Waals surface area contributed by atoms with Gasteiger partial charge >= 0.3 is 0 Å². The lowest BCUT2D eigenvalue weighted by Crippen LogP contribution is -2.56. The summed E-state index contributed by atoms with van der Waals surface area (Å²) >= 11 is 1.88. The number of hydrogen-bond donors (Lipinski definition) is 1. The molecule has 0 bridgehead atoms. The van der Waals surface area contributed by atoms with E-state index >= 15 is 0 Å². The summed E-state index contributed by atoms with van der Waals surface area (Å²) in [6.07, 6.45) is 4.41. The Balaban J connectivity index is 1.59. The van der Waals surface area contributed by atoms with Crippen LogP contribution in [-0.2, 0) is 9.59 Å². The number of hydrogen-bond acceptors (Lipinski definition) is 4. The molecule has 2 amide bonds. The van der Waals surface area contributed by atoms with E-state index in [1.54, 1.807) is 0 Å². The standard InChI is InChI=1S/C19H25N3O2S/c23-18(22-11-13-25-14-12-22)15-17-19(24)20-8-10-21(17)9-4-7-16-5-2-1-3-6-16/h1-7,17H,8-15H2,(H,20,24)/b7-4+. The lowest BCUT2D eigenvalue weighted by Gasteiger charge is -2.35. The molecule has 1 N–H and O–H groups in total. The highest BCUT2D eigenvalue weighted by molar-refractivity contribution is 7.99. The number of amides is 2. The number of thioether (sulfide) groups is 1. The van der Waals surface area contributed by atoms with E-state index in [0.717, 1.165) is 36.7 Å². The third kappa shape index (κ3) is 5.09. The van der Waals surface area contributed by atoms with Gasteiger partial charge in [-0.05, 0) is 5.56 Å². The van der Waals surface area contributed by atoms with Crippen LogP contribution in [0.1, 0.15) is 12.0 Å². The minimum absolute atomic E-state index is 0.0286. The van der Waals surface area contributed by atoms with Crippen LogP contribution >= 0.6 is 11.8 Å². The molecule has 0 radical (unpaired) electrons. The Morgan fingerprint density at radius 1 is 1.20 bits per heavy atom. The molecule has 6 heteroatoms. The molecule has 134 valence electrons. The van der Waals surface area contributed by atoms with Crippen molar-refractivity contribution in [2.24, 2.45) is 0 Å². The van der Waals surface area contributed by atoms with Crippen molar-refractivity contribution in [3.05, 3.63) is 42.0 Å². The van der Waals surface area contributed by atoms with Crippen LogP contribution < -0.4 is 5.32 Å². The van der Waals surface area contributed by atoms with Gasteiger partial charge in [-0.3, -0.25) is 14.5 Å². The van der Waals surface area contributed by atoms with Gasteiger partial charge in [0.15, 0.2) is 0 Å². The molecule has 0 saturated carbocycles. The van der Waals surface area contributed by atoms with Crippen molar-refractivity contribution in [1.82, 2.24) is 15.1 Å². The average molecular weight is 359 g/mol. The van der Waals surface area contributed by atoms with Crippen molar-refractivity contribution < 1.29 is 9.59 Å². The zero-order chi connectivity index (χ0) is 17.5. The van der Waals surface area contributed by atoms with Crippen molar-refractivity contribution in [3.8, 4) is 0 Å². The summed E-state index contributed by atoms with van der Waals surface area (Å²) < 4.78 is 0. The van der Waals surface area contributed by atoms with Gasteiger partial charge in [-0.1, -0.05) is 42.5 Å². The van der Waals surface area contributed by atoms with E-state index in [2.05, 4.69) is 34.5 Å². The number of carbonyl (C=O) groups excluding carboxylic acids is 2. The summed E-state index contributed by atoms with van der Waals surface area (Å²) in [5.41, 5.74) is 1.14. The van der Waals surface area contributed by atoms with Gasteiger partial charge in [0.25, 0.3) is 0 Å². The van der Waals surface area contributed by atoms with E-state index < -0.39 is 0 Å². The Morgan fingerprint density at radius 3 is 2.72 bits per heavy atom. The quantitative estimate of drug-likeness (QED) is 0.865. The molecule has 0 aromatic heterocycles. The molecular weight excluding hydrogens is 334 g/mol. The van der Waals surface area contributed by atoms with Crippen LogP contribution in [0.4, 0.5) is 0 Å². The minimum Gasteiger partial charge on any atom is -0.353 e. The maximum Gasteiger partial charge on any atom is 0.237 e. The molecule has 2 heterocycles. The first-order chi connectivity index (χ1) is 12.2.